The lowest BCUT2D eigenvalue weighted by Gasteiger charge is -2.15. The first kappa shape index (κ1) is 12.1. The van der Waals surface area contributed by atoms with Crippen molar-refractivity contribution >= 4 is 22.2 Å². The monoisotopic (exact) mass is 235 g/mol. The Kier molecular flexibility index (Phi) is 6.67. The molecule has 0 aliphatic heterocycles. The van der Waals surface area contributed by atoms with Gasteiger partial charge >= 0.3 is 0 Å². The number of aldehydes is 1. The molecule has 0 amide bonds. The second-order valence-electron chi connectivity index (χ2n) is 3.48. The number of halogens is 1. The summed E-state index contributed by atoms with van der Waals surface area (Å²) in [5, 5.41) is 1.07. The topological polar surface area (TPSA) is 43.1 Å². The largest absolute Gasteiger partial charge is 0.319 e. The van der Waals surface area contributed by atoms with E-state index >= 15 is 0 Å². The summed E-state index contributed by atoms with van der Waals surface area (Å²) < 4.78 is 0. The zero-order valence-electron chi connectivity index (χ0n) is 7.68. The molecule has 0 heterocycles. The van der Waals surface area contributed by atoms with E-state index in [-0.39, 0.29) is 0 Å². The average Bonchev–Trinajstić information content (AvgIpc) is 2.04. The highest BCUT2D eigenvalue weighted by Crippen LogP contribution is 2.10. The maximum Gasteiger partial charge on any atom is 0.139 e. The molecule has 0 spiro atoms. The van der Waals surface area contributed by atoms with Gasteiger partial charge in [0.15, 0.2) is 0 Å². The molecule has 0 aliphatic rings. The highest BCUT2D eigenvalue weighted by Gasteiger charge is 2.15. The van der Waals surface area contributed by atoms with Crippen molar-refractivity contribution in [2.75, 3.05) is 5.33 Å². The molecular weight excluding hydrogens is 218 g/mol. The molecule has 0 bridgehead atoms. The van der Waals surface area contributed by atoms with Crippen LogP contribution in [0.25, 0.3) is 0 Å². The van der Waals surface area contributed by atoms with Gasteiger partial charge in [-0.15, -0.1) is 0 Å². The Labute approximate surface area is 83.0 Å². The number of nitrogens with two attached hydrogens (primary N) is 1. The molecule has 0 radical (unpaired) electrons. The van der Waals surface area contributed by atoms with Crippen LogP contribution in [0.15, 0.2) is 0 Å². The van der Waals surface area contributed by atoms with Gasteiger partial charge in [0.1, 0.15) is 6.29 Å². The maximum atomic E-state index is 10.4. The van der Waals surface area contributed by atoms with Crippen LogP contribution in [0.3, 0.4) is 0 Å². The molecule has 1 unspecified atom stereocenters. The van der Waals surface area contributed by atoms with Crippen molar-refractivity contribution in [2.45, 2.75) is 44.6 Å². The molecule has 0 saturated heterocycles. The van der Waals surface area contributed by atoms with E-state index in [0.717, 1.165) is 24.5 Å². The number of alkyl halides is 1. The van der Waals surface area contributed by atoms with Crippen LogP contribution in [-0.4, -0.2) is 17.2 Å². The summed E-state index contributed by atoms with van der Waals surface area (Å²) in [6.07, 6.45) is 6.31. The predicted molar refractivity (Wildman–Crippen MR) is 55.5 cm³/mol. The summed E-state index contributed by atoms with van der Waals surface area (Å²) in [5.41, 5.74) is 5.05. The zero-order chi connectivity index (χ0) is 9.45. The first-order valence-corrected chi connectivity index (χ1v) is 5.56. The highest BCUT2D eigenvalue weighted by atomic mass is 79.9. The van der Waals surface area contributed by atoms with Gasteiger partial charge in [0.2, 0.25) is 0 Å². The molecule has 0 fully saturated rings. The molecule has 0 aromatic rings. The molecule has 0 aliphatic carbocycles. The zero-order valence-corrected chi connectivity index (χ0v) is 9.27. The number of hydrogen-bond donors (Lipinski definition) is 1. The lowest BCUT2D eigenvalue weighted by Crippen LogP contribution is -2.37. The van der Waals surface area contributed by atoms with Gasteiger partial charge in [-0.05, 0) is 19.8 Å². The smallest absolute Gasteiger partial charge is 0.139 e. The Morgan fingerprint density at radius 1 is 1.33 bits per heavy atom. The highest BCUT2D eigenvalue weighted by molar-refractivity contribution is 9.09. The Bertz CT molecular complexity index is 126. The normalized spacial score (nSPS) is 15.6. The Morgan fingerprint density at radius 3 is 2.42 bits per heavy atom. The first-order valence-electron chi connectivity index (χ1n) is 4.43. The standard InChI is InChI=1S/C9H18BrNO/c1-9(11,8-12)6-4-2-3-5-7-10/h8H,2-7,11H2,1H3. The number of carbonyl (C=O) groups excluding carboxylic acids is 1. The molecule has 72 valence electrons. The predicted octanol–water partition coefficient (Wildman–Crippen LogP) is 2.25. The maximum absolute atomic E-state index is 10.4. The van der Waals surface area contributed by atoms with Crippen molar-refractivity contribution in [3.05, 3.63) is 0 Å². The lowest BCUT2D eigenvalue weighted by molar-refractivity contribution is -0.112. The quantitative estimate of drug-likeness (QED) is 0.418. The number of rotatable bonds is 7. The van der Waals surface area contributed by atoms with Crippen LogP contribution in [0.4, 0.5) is 0 Å². The third-order valence-corrected chi connectivity index (χ3v) is 2.43. The minimum Gasteiger partial charge on any atom is -0.319 e. The molecule has 0 aromatic heterocycles. The second kappa shape index (κ2) is 6.61. The molecule has 0 aromatic carbocycles. The van der Waals surface area contributed by atoms with E-state index in [4.69, 9.17) is 5.73 Å². The third-order valence-electron chi connectivity index (χ3n) is 1.87. The molecule has 0 saturated carbocycles. The van der Waals surface area contributed by atoms with Gasteiger partial charge < -0.3 is 10.5 Å². The van der Waals surface area contributed by atoms with E-state index in [0.29, 0.717) is 0 Å². The van der Waals surface area contributed by atoms with Crippen LogP contribution < -0.4 is 5.73 Å². The van der Waals surface area contributed by atoms with Crippen molar-refractivity contribution in [1.29, 1.82) is 0 Å². The van der Waals surface area contributed by atoms with Gasteiger partial charge in [-0.1, -0.05) is 35.2 Å². The first-order chi connectivity index (χ1) is 5.62. The van der Waals surface area contributed by atoms with Gasteiger partial charge in [-0.25, -0.2) is 0 Å². The number of unbranched alkanes of at least 4 members (excludes halogenated alkanes) is 3. The van der Waals surface area contributed by atoms with E-state index in [1.165, 1.54) is 19.3 Å². The molecular formula is C9H18BrNO. The van der Waals surface area contributed by atoms with Gasteiger partial charge in [0.25, 0.3) is 0 Å². The van der Waals surface area contributed by atoms with Crippen LogP contribution in [0.1, 0.15) is 39.0 Å². The minimum atomic E-state index is -0.603. The van der Waals surface area contributed by atoms with Gasteiger partial charge in [-0.2, -0.15) is 0 Å². The van der Waals surface area contributed by atoms with Crippen LogP contribution >= 0.6 is 15.9 Å². The van der Waals surface area contributed by atoms with E-state index in [1.54, 1.807) is 6.92 Å². The van der Waals surface area contributed by atoms with Crippen LogP contribution in [-0.2, 0) is 4.79 Å². The fourth-order valence-electron chi connectivity index (χ4n) is 1.01. The molecule has 0 rings (SSSR count). The fraction of sp³-hybridized carbons (Fsp3) is 0.889. The Morgan fingerprint density at radius 2 is 1.92 bits per heavy atom. The van der Waals surface area contributed by atoms with E-state index < -0.39 is 5.54 Å². The van der Waals surface area contributed by atoms with Gasteiger partial charge in [0, 0.05) is 5.33 Å². The van der Waals surface area contributed by atoms with Gasteiger partial charge in [0.05, 0.1) is 5.54 Å². The molecule has 2 N–H and O–H groups in total. The average molecular weight is 236 g/mol. The van der Waals surface area contributed by atoms with Crippen LogP contribution in [0.2, 0.25) is 0 Å². The summed E-state index contributed by atoms with van der Waals surface area (Å²) in [4.78, 5) is 10.4. The van der Waals surface area contributed by atoms with E-state index in [9.17, 15) is 4.79 Å². The summed E-state index contributed by atoms with van der Waals surface area (Å²) in [6.45, 7) is 1.78. The Balaban J connectivity index is 3.25. The lowest BCUT2D eigenvalue weighted by atomic mass is 9.97. The SMILES string of the molecule is CC(N)(C=O)CCCCCCBr. The van der Waals surface area contributed by atoms with Crippen LogP contribution in [0.5, 0.6) is 0 Å². The number of hydrogen-bond acceptors (Lipinski definition) is 2. The van der Waals surface area contributed by atoms with E-state index in [2.05, 4.69) is 15.9 Å². The van der Waals surface area contributed by atoms with Crippen molar-refractivity contribution in [3.63, 3.8) is 0 Å². The molecule has 3 heteroatoms. The van der Waals surface area contributed by atoms with Crippen molar-refractivity contribution in [1.82, 2.24) is 0 Å². The van der Waals surface area contributed by atoms with E-state index in [1.807, 2.05) is 0 Å². The Hall–Kier alpha value is 0.110. The molecule has 12 heavy (non-hydrogen) atoms. The fourth-order valence-corrected chi connectivity index (χ4v) is 1.41. The summed E-state index contributed by atoms with van der Waals surface area (Å²) in [6, 6.07) is 0. The van der Waals surface area contributed by atoms with Crippen LogP contribution in [0, 0.1) is 0 Å². The molecule has 1 atom stereocenters. The second-order valence-corrected chi connectivity index (χ2v) is 4.27. The van der Waals surface area contributed by atoms with Crippen molar-refractivity contribution in [2.24, 2.45) is 5.73 Å². The van der Waals surface area contributed by atoms with Crippen molar-refractivity contribution in [3.8, 4) is 0 Å². The third kappa shape index (κ3) is 6.80. The minimum absolute atomic E-state index is 0.603. The molecule has 2 nitrogen and oxygen atoms in total. The summed E-state index contributed by atoms with van der Waals surface area (Å²) >= 11 is 3.37. The summed E-state index contributed by atoms with van der Waals surface area (Å²) in [5.74, 6) is 0. The van der Waals surface area contributed by atoms with Gasteiger partial charge in [-0.3, -0.25) is 0 Å². The summed E-state index contributed by atoms with van der Waals surface area (Å²) in [7, 11) is 0. The number of carbonyl (C=O) groups is 1. The van der Waals surface area contributed by atoms with Crippen molar-refractivity contribution < 1.29 is 4.79 Å².